The minimum absolute atomic E-state index is 0.113. The van der Waals surface area contributed by atoms with E-state index in [1.165, 1.54) is 18.2 Å². The Kier molecular flexibility index (Phi) is 3.31. The van der Waals surface area contributed by atoms with Crippen LogP contribution in [0.4, 0.5) is 4.39 Å². The van der Waals surface area contributed by atoms with E-state index >= 15 is 0 Å². The van der Waals surface area contributed by atoms with Gasteiger partial charge in [-0.15, -0.1) is 0 Å². The van der Waals surface area contributed by atoms with Gasteiger partial charge >= 0.3 is 5.97 Å². The molecule has 0 saturated heterocycles. The summed E-state index contributed by atoms with van der Waals surface area (Å²) in [7, 11) is 0. The van der Waals surface area contributed by atoms with Crippen LogP contribution in [0.5, 0.6) is 0 Å². The molecule has 0 radical (unpaired) electrons. The first-order valence-electron chi connectivity index (χ1n) is 6.15. The summed E-state index contributed by atoms with van der Waals surface area (Å²) < 4.78 is 13.0. The number of aromatic nitrogens is 1. The molecule has 5 heteroatoms. The molecule has 2 aromatic carbocycles. The fourth-order valence-corrected chi connectivity index (χ4v) is 2.38. The molecule has 3 nitrogen and oxygen atoms in total. The van der Waals surface area contributed by atoms with E-state index in [4.69, 9.17) is 11.6 Å². The van der Waals surface area contributed by atoms with Crippen LogP contribution in [0.15, 0.2) is 48.5 Å². The zero-order chi connectivity index (χ0) is 15.0. The maximum atomic E-state index is 13.0. The van der Waals surface area contributed by atoms with Crippen molar-refractivity contribution in [2.75, 3.05) is 0 Å². The Hall–Kier alpha value is -2.46. The van der Waals surface area contributed by atoms with Crippen LogP contribution in [0.1, 0.15) is 10.4 Å². The molecule has 0 unspecified atom stereocenters. The van der Waals surface area contributed by atoms with Crippen LogP contribution in [-0.2, 0) is 0 Å². The third-order valence-electron chi connectivity index (χ3n) is 3.16. The lowest BCUT2D eigenvalue weighted by atomic mass is 10.0. The Morgan fingerprint density at radius 2 is 1.86 bits per heavy atom. The lowest BCUT2D eigenvalue weighted by Crippen LogP contribution is -2.00. The maximum Gasteiger partial charge on any atom is 0.336 e. The zero-order valence-electron chi connectivity index (χ0n) is 10.7. The van der Waals surface area contributed by atoms with Gasteiger partial charge in [-0.2, -0.15) is 0 Å². The first kappa shape index (κ1) is 13.5. The van der Waals surface area contributed by atoms with Crippen molar-refractivity contribution in [2.24, 2.45) is 0 Å². The molecule has 1 aromatic heterocycles. The fraction of sp³-hybridized carbons (Fsp3) is 0. The van der Waals surface area contributed by atoms with E-state index in [0.29, 0.717) is 27.2 Å². The quantitative estimate of drug-likeness (QED) is 0.763. The van der Waals surface area contributed by atoms with Gasteiger partial charge in [-0.25, -0.2) is 14.2 Å². The highest BCUT2D eigenvalue weighted by Crippen LogP contribution is 2.29. The number of para-hydroxylation sites is 1. The first-order valence-corrected chi connectivity index (χ1v) is 6.52. The smallest absolute Gasteiger partial charge is 0.336 e. The molecule has 0 aliphatic rings. The van der Waals surface area contributed by atoms with Crippen molar-refractivity contribution in [1.29, 1.82) is 0 Å². The van der Waals surface area contributed by atoms with Crippen LogP contribution in [0.3, 0.4) is 0 Å². The number of fused-ring (bicyclic) bond motifs is 1. The molecule has 0 fully saturated rings. The number of rotatable bonds is 2. The summed E-state index contributed by atoms with van der Waals surface area (Å²) in [4.78, 5) is 15.8. The van der Waals surface area contributed by atoms with Crippen LogP contribution in [-0.4, -0.2) is 16.1 Å². The second-order valence-electron chi connectivity index (χ2n) is 4.50. The average Bonchev–Trinajstić information content (AvgIpc) is 2.47. The number of hydrogen-bond donors (Lipinski definition) is 1. The molecule has 21 heavy (non-hydrogen) atoms. The Labute approximate surface area is 124 Å². The van der Waals surface area contributed by atoms with E-state index in [-0.39, 0.29) is 11.4 Å². The van der Waals surface area contributed by atoms with E-state index < -0.39 is 5.97 Å². The Balaban J connectivity index is 2.32. The van der Waals surface area contributed by atoms with Crippen molar-refractivity contribution in [1.82, 2.24) is 4.98 Å². The van der Waals surface area contributed by atoms with Crippen molar-refractivity contribution >= 4 is 28.5 Å². The molecule has 0 bridgehead atoms. The second-order valence-corrected chi connectivity index (χ2v) is 4.91. The molecule has 1 heterocycles. The SMILES string of the molecule is O=C(O)c1cc(-c2ccc(F)cc2)nc2c(Cl)cccc12. The van der Waals surface area contributed by atoms with Gasteiger partial charge < -0.3 is 5.11 Å². The van der Waals surface area contributed by atoms with Crippen LogP contribution in [0, 0.1) is 5.82 Å². The van der Waals surface area contributed by atoms with Gasteiger partial charge in [0, 0.05) is 10.9 Å². The number of hydrogen-bond acceptors (Lipinski definition) is 2. The number of pyridine rings is 1. The Morgan fingerprint density at radius 1 is 1.14 bits per heavy atom. The van der Waals surface area contributed by atoms with E-state index in [1.54, 1.807) is 30.3 Å². The maximum absolute atomic E-state index is 13.0. The van der Waals surface area contributed by atoms with Gasteiger partial charge in [0.1, 0.15) is 5.82 Å². The number of nitrogens with zero attached hydrogens (tertiary/aromatic N) is 1. The first-order chi connectivity index (χ1) is 10.1. The zero-order valence-corrected chi connectivity index (χ0v) is 11.4. The van der Waals surface area contributed by atoms with Gasteiger partial charge in [-0.1, -0.05) is 23.7 Å². The Bertz CT molecular complexity index is 847. The number of halogens is 2. The van der Waals surface area contributed by atoms with Gasteiger partial charge in [0.25, 0.3) is 0 Å². The molecule has 0 spiro atoms. The highest BCUT2D eigenvalue weighted by molar-refractivity contribution is 6.35. The summed E-state index contributed by atoms with van der Waals surface area (Å²) in [6.07, 6.45) is 0. The van der Waals surface area contributed by atoms with Crippen molar-refractivity contribution in [3.8, 4) is 11.3 Å². The molecule has 0 saturated carbocycles. The van der Waals surface area contributed by atoms with E-state index in [2.05, 4.69) is 4.98 Å². The molecule has 0 aliphatic heterocycles. The normalized spacial score (nSPS) is 10.8. The lowest BCUT2D eigenvalue weighted by molar-refractivity contribution is 0.0699. The molecule has 104 valence electrons. The number of carbonyl (C=O) groups is 1. The summed E-state index contributed by atoms with van der Waals surface area (Å²) in [5.41, 5.74) is 1.59. The van der Waals surface area contributed by atoms with E-state index in [9.17, 15) is 14.3 Å². The molecule has 3 rings (SSSR count). The number of aromatic carboxylic acids is 1. The van der Waals surface area contributed by atoms with Crippen LogP contribution >= 0.6 is 11.6 Å². The van der Waals surface area contributed by atoms with Gasteiger partial charge in [0.15, 0.2) is 0 Å². The molecular weight excluding hydrogens is 293 g/mol. The third-order valence-corrected chi connectivity index (χ3v) is 3.47. The van der Waals surface area contributed by atoms with E-state index in [0.717, 1.165) is 0 Å². The second kappa shape index (κ2) is 5.14. The van der Waals surface area contributed by atoms with Crippen molar-refractivity contribution in [3.05, 3.63) is 64.9 Å². The van der Waals surface area contributed by atoms with Crippen molar-refractivity contribution < 1.29 is 14.3 Å². The van der Waals surface area contributed by atoms with Crippen molar-refractivity contribution in [3.63, 3.8) is 0 Å². The summed E-state index contributed by atoms with van der Waals surface area (Å²) in [6, 6.07) is 12.1. The molecule has 0 aliphatic carbocycles. The summed E-state index contributed by atoms with van der Waals surface area (Å²) in [6.45, 7) is 0. The molecule has 1 N–H and O–H groups in total. The minimum atomic E-state index is -1.06. The predicted octanol–water partition coefficient (Wildman–Crippen LogP) is 4.39. The summed E-state index contributed by atoms with van der Waals surface area (Å²) >= 11 is 6.10. The average molecular weight is 302 g/mol. The number of carboxylic acid groups (broad SMARTS) is 1. The molecule has 0 amide bonds. The molecular formula is C16H9ClFNO2. The Morgan fingerprint density at radius 3 is 2.52 bits per heavy atom. The van der Waals surface area contributed by atoms with Crippen LogP contribution in [0.2, 0.25) is 5.02 Å². The van der Waals surface area contributed by atoms with Gasteiger partial charge in [-0.05, 0) is 36.4 Å². The number of benzene rings is 2. The topological polar surface area (TPSA) is 50.2 Å². The molecule has 3 aromatic rings. The standard InChI is InChI=1S/C16H9ClFNO2/c17-13-3-1-2-11-12(16(20)21)8-14(19-15(11)13)9-4-6-10(18)7-5-9/h1-8H,(H,20,21). The highest BCUT2D eigenvalue weighted by atomic mass is 35.5. The minimum Gasteiger partial charge on any atom is -0.478 e. The monoisotopic (exact) mass is 301 g/mol. The van der Waals surface area contributed by atoms with Gasteiger partial charge in [0.2, 0.25) is 0 Å². The molecule has 0 atom stereocenters. The predicted molar refractivity (Wildman–Crippen MR) is 79.1 cm³/mol. The highest BCUT2D eigenvalue weighted by Gasteiger charge is 2.14. The number of carboxylic acids is 1. The van der Waals surface area contributed by atoms with E-state index in [1.807, 2.05) is 0 Å². The largest absolute Gasteiger partial charge is 0.478 e. The summed E-state index contributed by atoms with van der Waals surface area (Å²) in [5, 5.41) is 10.2. The van der Waals surface area contributed by atoms with Crippen molar-refractivity contribution in [2.45, 2.75) is 0 Å². The fourth-order valence-electron chi connectivity index (χ4n) is 2.16. The van der Waals surface area contributed by atoms with Gasteiger partial charge in [0.05, 0.1) is 21.8 Å². The lowest BCUT2D eigenvalue weighted by Gasteiger charge is -2.08. The van der Waals surface area contributed by atoms with Crippen LogP contribution in [0.25, 0.3) is 22.2 Å². The third kappa shape index (κ3) is 2.45. The van der Waals surface area contributed by atoms with Crippen LogP contribution < -0.4 is 0 Å². The van der Waals surface area contributed by atoms with Gasteiger partial charge in [-0.3, -0.25) is 0 Å². The summed E-state index contributed by atoms with van der Waals surface area (Å²) in [5.74, 6) is -1.43.